The van der Waals surface area contributed by atoms with Gasteiger partial charge in [0, 0.05) is 11.6 Å². The van der Waals surface area contributed by atoms with Crippen molar-refractivity contribution >= 4 is 16.7 Å². The first-order chi connectivity index (χ1) is 12.3. The maximum Gasteiger partial charge on any atom is 0.345 e. The SMILES string of the molecule is O=C(Oc1ccc(-c2ccccc2)nn1)c1cccc2ccccc12. The molecule has 0 unspecified atom stereocenters. The van der Waals surface area contributed by atoms with E-state index in [0.29, 0.717) is 5.56 Å². The van der Waals surface area contributed by atoms with Gasteiger partial charge in [0.25, 0.3) is 0 Å². The molecule has 1 aromatic heterocycles. The highest BCUT2D eigenvalue weighted by molar-refractivity contribution is 6.05. The molecular formula is C21H14N2O2. The number of nitrogens with zero attached hydrogens (tertiary/aromatic N) is 2. The molecule has 0 saturated heterocycles. The number of hydrogen-bond acceptors (Lipinski definition) is 4. The lowest BCUT2D eigenvalue weighted by Gasteiger charge is -2.06. The third-order valence-electron chi connectivity index (χ3n) is 3.92. The molecule has 25 heavy (non-hydrogen) atoms. The van der Waals surface area contributed by atoms with Crippen molar-refractivity contribution in [3.05, 3.63) is 90.5 Å². The van der Waals surface area contributed by atoms with E-state index in [1.54, 1.807) is 18.2 Å². The minimum absolute atomic E-state index is 0.178. The highest BCUT2D eigenvalue weighted by Crippen LogP contribution is 2.21. The molecule has 4 aromatic rings. The summed E-state index contributed by atoms with van der Waals surface area (Å²) >= 11 is 0. The lowest BCUT2D eigenvalue weighted by Crippen LogP contribution is -2.10. The number of carbonyl (C=O) groups excluding carboxylic acids is 1. The van der Waals surface area contributed by atoms with Gasteiger partial charge in [0.05, 0.1) is 11.3 Å². The normalized spacial score (nSPS) is 10.6. The second kappa shape index (κ2) is 6.53. The summed E-state index contributed by atoms with van der Waals surface area (Å²) in [7, 11) is 0. The first kappa shape index (κ1) is 15.0. The number of esters is 1. The molecule has 0 saturated carbocycles. The molecule has 0 aliphatic heterocycles. The first-order valence-electron chi connectivity index (χ1n) is 7.90. The molecule has 0 fully saturated rings. The molecule has 0 bridgehead atoms. The molecule has 0 aliphatic rings. The fraction of sp³-hybridized carbons (Fsp3) is 0. The van der Waals surface area contributed by atoms with E-state index in [-0.39, 0.29) is 5.88 Å². The number of hydrogen-bond donors (Lipinski definition) is 0. The summed E-state index contributed by atoms with van der Waals surface area (Å²) in [6.07, 6.45) is 0. The van der Waals surface area contributed by atoms with Crippen molar-refractivity contribution in [1.82, 2.24) is 10.2 Å². The van der Waals surface area contributed by atoms with Crippen LogP contribution < -0.4 is 4.74 Å². The van der Waals surface area contributed by atoms with E-state index in [2.05, 4.69) is 10.2 Å². The summed E-state index contributed by atoms with van der Waals surface area (Å²) in [5.74, 6) is -0.267. The van der Waals surface area contributed by atoms with Crippen LogP contribution in [0.3, 0.4) is 0 Å². The predicted molar refractivity (Wildman–Crippen MR) is 96.4 cm³/mol. The summed E-state index contributed by atoms with van der Waals surface area (Å²) in [6, 6.07) is 26.4. The van der Waals surface area contributed by atoms with Gasteiger partial charge in [-0.3, -0.25) is 0 Å². The Hall–Kier alpha value is -3.53. The Morgan fingerprint density at radius 3 is 2.28 bits per heavy atom. The second-order valence-corrected chi connectivity index (χ2v) is 5.54. The van der Waals surface area contributed by atoms with Crippen molar-refractivity contribution in [2.75, 3.05) is 0 Å². The molecule has 0 N–H and O–H groups in total. The first-order valence-corrected chi connectivity index (χ1v) is 7.90. The lowest BCUT2D eigenvalue weighted by atomic mass is 10.1. The summed E-state index contributed by atoms with van der Waals surface area (Å²) in [6.45, 7) is 0. The summed E-state index contributed by atoms with van der Waals surface area (Å²) in [5, 5.41) is 9.98. The number of carbonyl (C=O) groups is 1. The zero-order valence-corrected chi connectivity index (χ0v) is 13.3. The quantitative estimate of drug-likeness (QED) is 0.520. The van der Waals surface area contributed by atoms with Crippen molar-refractivity contribution in [2.45, 2.75) is 0 Å². The van der Waals surface area contributed by atoms with Crippen LogP contribution in [0.5, 0.6) is 5.88 Å². The largest absolute Gasteiger partial charge is 0.402 e. The fourth-order valence-corrected chi connectivity index (χ4v) is 2.69. The van der Waals surface area contributed by atoms with E-state index in [1.807, 2.05) is 66.7 Å². The minimum atomic E-state index is -0.446. The van der Waals surface area contributed by atoms with Crippen molar-refractivity contribution in [3.63, 3.8) is 0 Å². The zero-order chi connectivity index (χ0) is 17.1. The Bertz CT molecular complexity index is 1020. The van der Waals surface area contributed by atoms with Gasteiger partial charge < -0.3 is 4.74 Å². The Morgan fingerprint density at radius 2 is 1.48 bits per heavy atom. The summed E-state index contributed by atoms with van der Waals surface area (Å²) in [5.41, 5.74) is 2.19. The topological polar surface area (TPSA) is 52.1 Å². The summed E-state index contributed by atoms with van der Waals surface area (Å²) < 4.78 is 5.39. The van der Waals surface area contributed by atoms with Crippen molar-refractivity contribution in [3.8, 4) is 17.1 Å². The molecule has 4 heteroatoms. The van der Waals surface area contributed by atoms with Crippen LogP contribution >= 0.6 is 0 Å². The van der Waals surface area contributed by atoms with Crippen LogP contribution in [0.2, 0.25) is 0 Å². The third-order valence-corrected chi connectivity index (χ3v) is 3.92. The van der Waals surface area contributed by atoms with Gasteiger partial charge in [-0.25, -0.2) is 4.79 Å². The molecule has 4 nitrogen and oxygen atoms in total. The minimum Gasteiger partial charge on any atom is -0.402 e. The highest BCUT2D eigenvalue weighted by atomic mass is 16.5. The number of fused-ring (bicyclic) bond motifs is 1. The van der Waals surface area contributed by atoms with Crippen LogP contribution in [0.4, 0.5) is 0 Å². The average Bonchev–Trinajstić information content (AvgIpc) is 2.69. The smallest absolute Gasteiger partial charge is 0.345 e. The Labute approximate surface area is 144 Å². The monoisotopic (exact) mass is 326 g/mol. The van der Waals surface area contributed by atoms with Crippen LogP contribution in [0, 0.1) is 0 Å². The van der Waals surface area contributed by atoms with Crippen LogP contribution in [0.1, 0.15) is 10.4 Å². The van der Waals surface area contributed by atoms with Gasteiger partial charge in [0.1, 0.15) is 0 Å². The molecule has 0 atom stereocenters. The molecule has 0 radical (unpaired) electrons. The van der Waals surface area contributed by atoms with Gasteiger partial charge in [0.15, 0.2) is 0 Å². The van der Waals surface area contributed by atoms with E-state index in [4.69, 9.17) is 4.74 Å². The average molecular weight is 326 g/mol. The van der Waals surface area contributed by atoms with Crippen molar-refractivity contribution in [1.29, 1.82) is 0 Å². The van der Waals surface area contributed by atoms with Crippen LogP contribution in [0.15, 0.2) is 84.9 Å². The van der Waals surface area contributed by atoms with Crippen molar-refractivity contribution < 1.29 is 9.53 Å². The molecule has 0 spiro atoms. The van der Waals surface area contributed by atoms with Crippen LogP contribution in [-0.4, -0.2) is 16.2 Å². The molecular weight excluding hydrogens is 312 g/mol. The second-order valence-electron chi connectivity index (χ2n) is 5.54. The van der Waals surface area contributed by atoms with E-state index in [9.17, 15) is 4.79 Å². The molecule has 1 heterocycles. The van der Waals surface area contributed by atoms with E-state index >= 15 is 0 Å². The van der Waals surface area contributed by atoms with E-state index in [1.165, 1.54) is 0 Å². The molecule has 3 aromatic carbocycles. The van der Waals surface area contributed by atoms with Gasteiger partial charge in [-0.1, -0.05) is 66.7 Å². The lowest BCUT2D eigenvalue weighted by molar-refractivity contribution is 0.0728. The number of aromatic nitrogens is 2. The van der Waals surface area contributed by atoms with E-state index < -0.39 is 5.97 Å². The molecule has 0 amide bonds. The van der Waals surface area contributed by atoms with Gasteiger partial charge >= 0.3 is 5.97 Å². The Kier molecular flexibility index (Phi) is 3.92. The van der Waals surface area contributed by atoms with Crippen molar-refractivity contribution in [2.24, 2.45) is 0 Å². The zero-order valence-electron chi connectivity index (χ0n) is 13.3. The maximum absolute atomic E-state index is 12.5. The Balaban J connectivity index is 1.58. The summed E-state index contributed by atoms with van der Waals surface area (Å²) in [4.78, 5) is 12.5. The molecule has 120 valence electrons. The van der Waals surface area contributed by atoms with Gasteiger partial charge in [-0.05, 0) is 22.9 Å². The third kappa shape index (κ3) is 3.10. The standard InChI is InChI=1S/C21H14N2O2/c24-21(18-12-6-10-15-7-4-5-11-17(15)18)25-20-14-13-19(22-23-20)16-8-2-1-3-9-16/h1-14H. The number of benzene rings is 3. The number of rotatable bonds is 3. The van der Waals surface area contributed by atoms with E-state index in [0.717, 1.165) is 22.0 Å². The predicted octanol–water partition coefficient (Wildman–Crippen LogP) is 4.52. The molecule has 4 rings (SSSR count). The number of ether oxygens (including phenoxy) is 1. The van der Waals surface area contributed by atoms with Gasteiger partial charge in [-0.2, -0.15) is 0 Å². The fourth-order valence-electron chi connectivity index (χ4n) is 2.69. The molecule has 0 aliphatic carbocycles. The van der Waals surface area contributed by atoms with Crippen LogP contribution in [-0.2, 0) is 0 Å². The van der Waals surface area contributed by atoms with Crippen LogP contribution in [0.25, 0.3) is 22.0 Å². The van der Waals surface area contributed by atoms with Gasteiger partial charge in [0.2, 0.25) is 5.88 Å². The van der Waals surface area contributed by atoms with Gasteiger partial charge in [-0.15, -0.1) is 10.2 Å². The maximum atomic E-state index is 12.5. The highest BCUT2D eigenvalue weighted by Gasteiger charge is 2.13. The Morgan fingerprint density at radius 1 is 0.720 bits per heavy atom.